The Labute approximate surface area is 94.9 Å². The lowest BCUT2D eigenvalue weighted by atomic mass is 9.98. The molecule has 1 N–H and O–H groups in total. The summed E-state index contributed by atoms with van der Waals surface area (Å²) in [6, 6.07) is 3.63. The van der Waals surface area contributed by atoms with E-state index in [2.05, 4.69) is 16.8 Å². The molecule has 0 atom stereocenters. The molecule has 0 bridgehead atoms. The number of rotatable bonds is 2. The Morgan fingerprint density at radius 2 is 2.19 bits per heavy atom. The van der Waals surface area contributed by atoms with Crippen LogP contribution in [0.3, 0.4) is 0 Å². The maximum atomic E-state index is 11.0. The number of anilines is 1. The van der Waals surface area contributed by atoms with Gasteiger partial charge in [-0.1, -0.05) is 6.92 Å². The van der Waals surface area contributed by atoms with Crippen molar-refractivity contribution < 1.29 is 9.90 Å². The Balaban J connectivity index is 2.23. The van der Waals surface area contributed by atoms with E-state index >= 15 is 0 Å². The van der Waals surface area contributed by atoms with E-state index in [1.54, 1.807) is 6.07 Å². The Morgan fingerprint density at radius 3 is 2.81 bits per heavy atom. The minimum absolute atomic E-state index is 0.164. The van der Waals surface area contributed by atoms with Crippen molar-refractivity contribution in [2.24, 2.45) is 5.92 Å². The number of nitrogens with zero attached hydrogens (tertiary/aromatic N) is 2. The first-order valence-electron chi connectivity index (χ1n) is 5.61. The quantitative estimate of drug-likeness (QED) is 0.828. The second-order valence-corrected chi connectivity index (χ2v) is 4.35. The van der Waals surface area contributed by atoms with Crippen LogP contribution in [0.25, 0.3) is 0 Å². The molecule has 0 radical (unpaired) electrons. The summed E-state index contributed by atoms with van der Waals surface area (Å²) in [6.45, 7) is 4.08. The number of hydrogen-bond acceptors (Lipinski definition) is 3. The van der Waals surface area contributed by atoms with Gasteiger partial charge in [0.25, 0.3) is 0 Å². The Hall–Kier alpha value is -1.58. The normalized spacial score (nSPS) is 17.4. The zero-order chi connectivity index (χ0) is 11.5. The van der Waals surface area contributed by atoms with Crippen LogP contribution in [-0.2, 0) is 0 Å². The molecule has 0 aliphatic carbocycles. The Morgan fingerprint density at radius 1 is 1.50 bits per heavy atom. The van der Waals surface area contributed by atoms with E-state index in [1.807, 2.05) is 6.07 Å². The maximum Gasteiger partial charge on any atom is 0.356 e. The number of aromatic nitrogens is 1. The third-order valence-corrected chi connectivity index (χ3v) is 3.11. The number of piperidine rings is 1. The molecule has 0 saturated carbocycles. The van der Waals surface area contributed by atoms with Crippen LogP contribution in [0.15, 0.2) is 18.3 Å². The molecule has 0 spiro atoms. The first-order chi connectivity index (χ1) is 7.68. The van der Waals surface area contributed by atoms with Gasteiger partial charge >= 0.3 is 5.97 Å². The van der Waals surface area contributed by atoms with Crippen LogP contribution in [0.1, 0.15) is 30.3 Å². The maximum absolute atomic E-state index is 11.0. The monoisotopic (exact) mass is 220 g/mol. The summed E-state index contributed by atoms with van der Waals surface area (Å²) in [4.78, 5) is 17.1. The summed E-state index contributed by atoms with van der Waals surface area (Å²) in [6.07, 6.45) is 3.77. The summed E-state index contributed by atoms with van der Waals surface area (Å²) in [5.74, 6) is -0.213. The average Bonchev–Trinajstić information content (AvgIpc) is 2.30. The predicted molar refractivity (Wildman–Crippen MR) is 61.8 cm³/mol. The van der Waals surface area contributed by atoms with Crippen LogP contribution in [-0.4, -0.2) is 29.1 Å². The van der Waals surface area contributed by atoms with Crippen molar-refractivity contribution in [2.75, 3.05) is 18.0 Å². The van der Waals surface area contributed by atoms with Crippen LogP contribution < -0.4 is 4.90 Å². The smallest absolute Gasteiger partial charge is 0.356 e. The minimum Gasteiger partial charge on any atom is -0.476 e. The van der Waals surface area contributed by atoms with Crippen molar-refractivity contribution >= 4 is 11.7 Å². The van der Waals surface area contributed by atoms with Crippen LogP contribution in [0.2, 0.25) is 0 Å². The van der Waals surface area contributed by atoms with Gasteiger partial charge < -0.3 is 10.0 Å². The van der Waals surface area contributed by atoms with Crippen molar-refractivity contribution in [3.8, 4) is 0 Å². The zero-order valence-corrected chi connectivity index (χ0v) is 9.39. The van der Waals surface area contributed by atoms with Crippen molar-refractivity contribution in [1.82, 2.24) is 4.98 Å². The number of carboxylic acid groups (broad SMARTS) is 1. The fourth-order valence-corrected chi connectivity index (χ4v) is 2.07. The van der Waals surface area contributed by atoms with Gasteiger partial charge in [0.15, 0.2) is 5.69 Å². The molecular weight excluding hydrogens is 204 g/mol. The molecule has 1 aromatic heterocycles. The third-order valence-electron chi connectivity index (χ3n) is 3.11. The minimum atomic E-state index is -0.950. The lowest BCUT2D eigenvalue weighted by Crippen LogP contribution is -2.34. The molecule has 4 heteroatoms. The molecule has 1 aliphatic rings. The molecule has 4 nitrogen and oxygen atoms in total. The molecule has 0 unspecified atom stereocenters. The summed E-state index contributed by atoms with van der Waals surface area (Å²) in [5.41, 5.74) is 0.916. The summed E-state index contributed by atoms with van der Waals surface area (Å²) in [7, 11) is 0. The van der Waals surface area contributed by atoms with Gasteiger partial charge in [0.1, 0.15) is 0 Å². The lowest BCUT2D eigenvalue weighted by Gasteiger charge is -2.32. The van der Waals surface area contributed by atoms with E-state index in [4.69, 9.17) is 5.11 Å². The van der Waals surface area contributed by atoms with Gasteiger partial charge in [-0.25, -0.2) is 9.78 Å². The average molecular weight is 220 g/mol. The Bertz CT molecular complexity index is 384. The molecule has 2 heterocycles. The van der Waals surface area contributed by atoms with E-state index in [0.717, 1.165) is 37.5 Å². The third kappa shape index (κ3) is 2.15. The molecule has 0 aromatic carbocycles. The SMILES string of the molecule is CC1CCN(c2cccnc2C(=O)O)CC1. The summed E-state index contributed by atoms with van der Waals surface area (Å²) < 4.78 is 0. The first-order valence-corrected chi connectivity index (χ1v) is 5.61. The van der Waals surface area contributed by atoms with Gasteiger partial charge in [-0.05, 0) is 30.9 Å². The molecule has 1 aliphatic heterocycles. The second kappa shape index (κ2) is 4.51. The van der Waals surface area contributed by atoms with Crippen molar-refractivity contribution in [1.29, 1.82) is 0 Å². The molecule has 2 rings (SSSR count). The van der Waals surface area contributed by atoms with E-state index in [-0.39, 0.29) is 5.69 Å². The topological polar surface area (TPSA) is 53.4 Å². The van der Waals surface area contributed by atoms with Crippen LogP contribution >= 0.6 is 0 Å². The van der Waals surface area contributed by atoms with Gasteiger partial charge in [-0.3, -0.25) is 0 Å². The predicted octanol–water partition coefficient (Wildman–Crippen LogP) is 2.02. The highest BCUT2D eigenvalue weighted by molar-refractivity contribution is 5.92. The van der Waals surface area contributed by atoms with E-state index in [0.29, 0.717) is 0 Å². The van der Waals surface area contributed by atoms with Gasteiger partial charge in [-0.2, -0.15) is 0 Å². The molecule has 1 fully saturated rings. The summed E-state index contributed by atoms with van der Waals surface area (Å²) >= 11 is 0. The molecule has 16 heavy (non-hydrogen) atoms. The van der Waals surface area contributed by atoms with Crippen LogP contribution in [0.4, 0.5) is 5.69 Å². The number of pyridine rings is 1. The summed E-state index contributed by atoms with van der Waals surface area (Å²) in [5, 5.41) is 9.06. The van der Waals surface area contributed by atoms with Gasteiger partial charge in [-0.15, -0.1) is 0 Å². The van der Waals surface area contributed by atoms with Crippen molar-refractivity contribution in [2.45, 2.75) is 19.8 Å². The molecule has 1 saturated heterocycles. The lowest BCUT2D eigenvalue weighted by molar-refractivity contribution is 0.0691. The van der Waals surface area contributed by atoms with Gasteiger partial charge in [0.2, 0.25) is 0 Å². The van der Waals surface area contributed by atoms with Crippen LogP contribution in [0, 0.1) is 5.92 Å². The van der Waals surface area contributed by atoms with Crippen LogP contribution in [0.5, 0.6) is 0 Å². The number of hydrogen-bond donors (Lipinski definition) is 1. The Kier molecular flexibility index (Phi) is 3.08. The molecule has 0 amide bonds. The van der Waals surface area contributed by atoms with E-state index in [9.17, 15) is 4.79 Å². The fraction of sp³-hybridized carbons (Fsp3) is 0.500. The van der Waals surface area contributed by atoms with Gasteiger partial charge in [0, 0.05) is 19.3 Å². The fourth-order valence-electron chi connectivity index (χ4n) is 2.07. The highest BCUT2D eigenvalue weighted by Crippen LogP contribution is 2.24. The first kappa shape index (κ1) is 10.9. The largest absolute Gasteiger partial charge is 0.476 e. The number of carbonyl (C=O) groups is 1. The van der Waals surface area contributed by atoms with E-state index < -0.39 is 5.97 Å². The standard InChI is InChI=1S/C12H16N2O2/c1-9-4-7-14(8-5-9)10-3-2-6-13-11(10)12(15)16/h2-3,6,9H,4-5,7-8H2,1H3,(H,15,16). The highest BCUT2D eigenvalue weighted by Gasteiger charge is 2.21. The highest BCUT2D eigenvalue weighted by atomic mass is 16.4. The molecule has 86 valence electrons. The van der Waals surface area contributed by atoms with Crippen molar-refractivity contribution in [3.05, 3.63) is 24.0 Å². The van der Waals surface area contributed by atoms with Crippen molar-refractivity contribution in [3.63, 3.8) is 0 Å². The molecular formula is C12H16N2O2. The molecule has 1 aromatic rings. The zero-order valence-electron chi connectivity index (χ0n) is 9.39. The second-order valence-electron chi connectivity index (χ2n) is 4.35. The van der Waals surface area contributed by atoms with Gasteiger partial charge in [0.05, 0.1) is 5.69 Å². The number of aromatic carboxylic acids is 1. The van der Waals surface area contributed by atoms with E-state index in [1.165, 1.54) is 6.20 Å². The number of carboxylic acids is 1.